The number of thioether (sulfide) groups is 1. The first-order chi connectivity index (χ1) is 9.66. The molecular weight excluding hydrogens is 278 g/mol. The van der Waals surface area contributed by atoms with Crippen LogP contribution in [0.4, 0.5) is 0 Å². The van der Waals surface area contributed by atoms with E-state index in [-0.39, 0.29) is 11.8 Å². The van der Waals surface area contributed by atoms with Crippen LogP contribution in [-0.2, 0) is 4.79 Å². The largest absolute Gasteiger partial charge is 0.481 e. The number of rotatable bonds is 6. The molecule has 20 heavy (non-hydrogen) atoms. The Hall–Kier alpha value is -1.76. The number of furan rings is 1. The molecule has 1 aliphatic carbocycles. The molecule has 1 saturated carbocycles. The summed E-state index contributed by atoms with van der Waals surface area (Å²) in [6, 6.07) is 3.72. The van der Waals surface area contributed by atoms with E-state index in [4.69, 9.17) is 9.52 Å². The van der Waals surface area contributed by atoms with E-state index in [1.165, 1.54) is 11.8 Å². The monoisotopic (exact) mass is 293 g/mol. The zero-order chi connectivity index (χ0) is 14.1. The number of carbonyl (C=O) groups is 1. The van der Waals surface area contributed by atoms with Crippen molar-refractivity contribution < 1.29 is 14.3 Å². The summed E-state index contributed by atoms with van der Waals surface area (Å²) in [4.78, 5) is 10.7. The highest BCUT2D eigenvalue weighted by Crippen LogP contribution is 2.41. The minimum absolute atomic E-state index is 0.0202. The van der Waals surface area contributed by atoms with E-state index >= 15 is 0 Å². The molecule has 1 fully saturated rings. The van der Waals surface area contributed by atoms with Crippen molar-refractivity contribution >= 4 is 17.7 Å². The topological polar surface area (TPSA) is 81.2 Å². The SMILES string of the molecule is CC(c1ccco1)n1c(SCC(=O)O)nnc1C1CC1. The van der Waals surface area contributed by atoms with Gasteiger partial charge >= 0.3 is 5.97 Å². The summed E-state index contributed by atoms with van der Waals surface area (Å²) in [6.45, 7) is 2.01. The number of hydrogen-bond donors (Lipinski definition) is 1. The molecule has 0 aromatic carbocycles. The summed E-state index contributed by atoms with van der Waals surface area (Å²) in [6.07, 6.45) is 3.87. The van der Waals surface area contributed by atoms with Crippen molar-refractivity contribution in [3.8, 4) is 0 Å². The number of aliphatic carboxylic acids is 1. The number of nitrogens with zero attached hydrogens (tertiary/aromatic N) is 3. The zero-order valence-electron chi connectivity index (χ0n) is 11.0. The van der Waals surface area contributed by atoms with Crippen molar-refractivity contribution in [2.75, 3.05) is 5.75 Å². The van der Waals surface area contributed by atoms with Gasteiger partial charge in [0.2, 0.25) is 0 Å². The average Bonchev–Trinajstić information content (AvgIpc) is 2.97. The number of carboxylic acid groups (broad SMARTS) is 1. The van der Waals surface area contributed by atoms with Crippen molar-refractivity contribution in [1.82, 2.24) is 14.8 Å². The van der Waals surface area contributed by atoms with Crippen LogP contribution in [-0.4, -0.2) is 31.6 Å². The van der Waals surface area contributed by atoms with Crippen molar-refractivity contribution in [3.63, 3.8) is 0 Å². The Labute approximate surface area is 120 Å². The maximum atomic E-state index is 10.7. The Bertz CT molecular complexity index is 604. The number of aromatic nitrogens is 3. The standard InChI is InChI=1S/C13H15N3O3S/c1-8(10-3-2-6-19-10)16-12(9-4-5-9)14-15-13(16)20-7-11(17)18/h2-3,6,8-9H,4-5,7H2,1H3,(H,17,18). The van der Waals surface area contributed by atoms with E-state index in [1.807, 2.05) is 23.6 Å². The van der Waals surface area contributed by atoms with Crippen LogP contribution in [0.3, 0.4) is 0 Å². The van der Waals surface area contributed by atoms with Crippen LogP contribution in [0.25, 0.3) is 0 Å². The average molecular weight is 293 g/mol. The molecule has 0 aliphatic heterocycles. The van der Waals surface area contributed by atoms with Gasteiger partial charge in [-0.05, 0) is 31.9 Å². The lowest BCUT2D eigenvalue weighted by molar-refractivity contribution is -0.133. The Morgan fingerprint density at radius 3 is 3.00 bits per heavy atom. The molecule has 3 rings (SSSR count). The van der Waals surface area contributed by atoms with Crippen LogP contribution in [0.15, 0.2) is 28.0 Å². The lowest BCUT2D eigenvalue weighted by atomic mass is 10.2. The molecule has 7 heteroatoms. The molecule has 0 saturated heterocycles. The summed E-state index contributed by atoms with van der Waals surface area (Å²) in [7, 11) is 0. The lowest BCUT2D eigenvalue weighted by Crippen LogP contribution is -2.12. The van der Waals surface area contributed by atoms with Gasteiger partial charge in [-0.3, -0.25) is 9.36 Å². The van der Waals surface area contributed by atoms with E-state index in [0.717, 1.165) is 24.4 Å². The van der Waals surface area contributed by atoms with Crippen molar-refractivity contribution in [3.05, 3.63) is 30.0 Å². The van der Waals surface area contributed by atoms with Gasteiger partial charge in [-0.1, -0.05) is 11.8 Å². The Balaban J connectivity index is 1.92. The molecule has 106 valence electrons. The quantitative estimate of drug-likeness (QED) is 0.824. The number of hydrogen-bond acceptors (Lipinski definition) is 5. The third-order valence-corrected chi connectivity index (χ3v) is 4.23. The molecule has 6 nitrogen and oxygen atoms in total. The van der Waals surface area contributed by atoms with Crippen LogP contribution < -0.4 is 0 Å². The first-order valence-corrected chi connectivity index (χ1v) is 7.48. The van der Waals surface area contributed by atoms with E-state index in [9.17, 15) is 4.79 Å². The van der Waals surface area contributed by atoms with Gasteiger partial charge in [0.1, 0.15) is 11.6 Å². The minimum atomic E-state index is -0.858. The molecule has 0 radical (unpaired) electrons. The summed E-state index contributed by atoms with van der Waals surface area (Å²) in [5.41, 5.74) is 0. The second-order valence-corrected chi connectivity index (χ2v) is 5.80. The first-order valence-electron chi connectivity index (χ1n) is 6.49. The van der Waals surface area contributed by atoms with E-state index in [0.29, 0.717) is 11.1 Å². The highest BCUT2D eigenvalue weighted by molar-refractivity contribution is 7.99. The van der Waals surface area contributed by atoms with Crippen LogP contribution in [0.1, 0.15) is 43.3 Å². The molecule has 1 aliphatic rings. The zero-order valence-corrected chi connectivity index (χ0v) is 11.8. The maximum Gasteiger partial charge on any atom is 0.313 e. The molecule has 1 N–H and O–H groups in total. The van der Waals surface area contributed by atoms with Gasteiger partial charge in [0, 0.05) is 5.92 Å². The summed E-state index contributed by atoms with van der Waals surface area (Å²) < 4.78 is 7.46. The minimum Gasteiger partial charge on any atom is -0.481 e. The van der Waals surface area contributed by atoms with E-state index < -0.39 is 5.97 Å². The first kappa shape index (κ1) is 13.2. The van der Waals surface area contributed by atoms with Crippen LogP contribution in [0.2, 0.25) is 0 Å². The molecule has 0 bridgehead atoms. The fraction of sp³-hybridized carbons (Fsp3) is 0.462. The highest BCUT2D eigenvalue weighted by atomic mass is 32.2. The molecule has 2 aromatic rings. The molecule has 2 heterocycles. The van der Waals surface area contributed by atoms with E-state index in [2.05, 4.69) is 10.2 Å². The molecular formula is C13H15N3O3S. The summed E-state index contributed by atoms with van der Waals surface area (Å²) >= 11 is 1.19. The Kier molecular flexibility index (Phi) is 3.52. The van der Waals surface area contributed by atoms with Gasteiger partial charge in [-0.15, -0.1) is 10.2 Å². The van der Waals surface area contributed by atoms with Gasteiger partial charge < -0.3 is 9.52 Å². The van der Waals surface area contributed by atoms with Gasteiger partial charge in [0.25, 0.3) is 0 Å². The van der Waals surface area contributed by atoms with Gasteiger partial charge in [-0.2, -0.15) is 0 Å². The molecule has 0 amide bonds. The summed E-state index contributed by atoms with van der Waals surface area (Å²) in [5, 5.41) is 17.9. The number of carboxylic acids is 1. The molecule has 1 unspecified atom stereocenters. The fourth-order valence-corrected chi connectivity index (χ4v) is 2.90. The second kappa shape index (κ2) is 5.32. The lowest BCUT2D eigenvalue weighted by Gasteiger charge is -2.15. The van der Waals surface area contributed by atoms with Crippen molar-refractivity contribution in [1.29, 1.82) is 0 Å². The van der Waals surface area contributed by atoms with Crippen LogP contribution in [0, 0.1) is 0 Å². The van der Waals surface area contributed by atoms with Crippen molar-refractivity contribution in [2.24, 2.45) is 0 Å². The Morgan fingerprint density at radius 2 is 2.40 bits per heavy atom. The molecule has 0 spiro atoms. The van der Waals surface area contributed by atoms with Crippen molar-refractivity contribution in [2.45, 2.75) is 36.9 Å². The molecule has 2 aromatic heterocycles. The van der Waals surface area contributed by atoms with Crippen LogP contribution in [0.5, 0.6) is 0 Å². The maximum absolute atomic E-state index is 10.7. The normalized spacial score (nSPS) is 16.2. The summed E-state index contributed by atoms with van der Waals surface area (Å²) in [5.74, 6) is 1.32. The second-order valence-electron chi connectivity index (χ2n) is 4.86. The molecule has 1 atom stereocenters. The Morgan fingerprint density at radius 1 is 1.60 bits per heavy atom. The third-order valence-electron chi connectivity index (χ3n) is 3.30. The van der Waals surface area contributed by atoms with Gasteiger partial charge in [0.05, 0.1) is 18.1 Å². The predicted octanol–water partition coefficient (Wildman–Crippen LogP) is 2.53. The van der Waals surface area contributed by atoms with Gasteiger partial charge in [0.15, 0.2) is 5.16 Å². The smallest absolute Gasteiger partial charge is 0.313 e. The van der Waals surface area contributed by atoms with E-state index in [1.54, 1.807) is 6.26 Å². The fourth-order valence-electron chi connectivity index (χ4n) is 2.15. The van der Waals surface area contributed by atoms with Gasteiger partial charge in [-0.25, -0.2) is 0 Å². The third kappa shape index (κ3) is 2.58. The predicted molar refractivity (Wildman–Crippen MR) is 72.9 cm³/mol. The van der Waals surface area contributed by atoms with Crippen LogP contribution >= 0.6 is 11.8 Å². The highest BCUT2D eigenvalue weighted by Gasteiger charge is 2.32.